The highest BCUT2D eigenvalue weighted by Crippen LogP contribution is 2.20. The third kappa shape index (κ3) is 3.19. The fourth-order valence-corrected chi connectivity index (χ4v) is 2.46. The van der Waals surface area contributed by atoms with Gasteiger partial charge in [0.25, 0.3) is 0 Å². The molecule has 0 fully saturated rings. The first-order valence-corrected chi connectivity index (χ1v) is 6.37. The number of hydrogen-bond acceptors (Lipinski definition) is 2. The second kappa shape index (κ2) is 5.05. The second-order valence-electron chi connectivity index (χ2n) is 3.92. The molecule has 0 radical (unpaired) electrons. The Morgan fingerprint density at radius 1 is 1.18 bits per heavy atom. The first-order valence-electron chi connectivity index (χ1n) is 4.89. The van der Waals surface area contributed by atoms with Crippen molar-refractivity contribution in [3.63, 3.8) is 0 Å². The van der Waals surface area contributed by atoms with Crippen molar-refractivity contribution in [1.82, 2.24) is 4.72 Å². The van der Waals surface area contributed by atoms with Crippen LogP contribution in [0.3, 0.4) is 0 Å². The van der Waals surface area contributed by atoms with Crippen LogP contribution < -0.4 is 4.72 Å². The molecule has 1 aromatic carbocycles. The monoisotopic (exact) mass is 267 g/mol. The van der Waals surface area contributed by atoms with Gasteiger partial charge in [0.1, 0.15) is 5.82 Å². The molecular weight excluding hydrogens is 255 g/mol. The number of sulfonamides is 1. The molecule has 0 aliphatic heterocycles. The maximum atomic E-state index is 13.2. The molecule has 0 atom stereocenters. The van der Waals surface area contributed by atoms with Crippen LogP contribution in [0.15, 0.2) is 17.0 Å². The van der Waals surface area contributed by atoms with Gasteiger partial charge in [0.15, 0.2) is 16.5 Å². The average Bonchev–Trinajstić information content (AvgIpc) is 2.21. The maximum absolute atomic E-state index is 13.2. The van der Waals surface area contributed by atoms with E-state index in [2.05, 4.69) is 0 Å². The minimum absolute atomic E-state index is 0.0116. The zero-order valence-electron chi connectivity index (χ0n) is 9.30. The summed E-state index contributed by atoms with van der Waals surface area (Å²) in [6.07, 6.45) is 0. The summed E-state index contributed by atoms with van der Waals surface area (Å²) in [5.74, 6) is -4.47. The summed E-state index contributed by atoms with van der Waals surface area (Å²) in [5.41, 5.74) is 0. The van der Waals surface area contributed by atoms with Crippen LogP contribution in [0.5, 0.6) is 0 Å². The molecule has 0 spiro atoms. The van der Waals surface area contributed by atoms with Crippen LogP contribution in [0.25, 0.3) is 0 Å². The summed E-state index contributed by atoms with van der Waals surface area (Å²) in [6, 6.07) is 1.11. The Labute approximate surface area is 97.7 Å². The molecule has 7 heteroatoms. The molecule has 96 valence electrons. The highest BCUT2D eigenvalue weighted by molar-refractivity contribution is 7.89. The molecule has 0 amide bonds. The van der Waals surface area contributed by atoms with Crippen LogP contribution in [0.2, 0.25) is 0 Å². The molecule has 0 aromatic heterocycles. The summed E-state index contributed by atoms with van der Waals surface area (Å²) in [6.45, 7) is 3.46. The van der Waals surface area contributed by atoms with Crippen LogP contribution in [0, 0.1) is 23.4 Å². The van der Waals surface area contributed by atoms with Crippen molar-refractivity contribution in [2.24, 2.45) is 5.92 Å². The van der Waals surface area contributed by atoms with Crippen LogP contribution in [0.4, 0.5) is 13.2 Å². The van der Waals surface area contributed by atoms with Gasteiger partial charge in [0.2, 0.25) is 10.0 Å². The molecule has 0 unspecified atom stereocenters. The first-order chi connectivity index (χ1) is 7.75. The van der Waals surface area contributed by atoms with Gasteiger partial charge in [-0.1, -0.05) is 13.8 Å². The fourth-order valence-electron chi connectivity index (χ4n) is 1.10. The Morgan fingerprint density at radius 2 is 1.71 bits per heavy atom. The van der Waals surface area contributed by atoms with E-state index in [1.807, 2.05) is 4.72 Å². The Kier molecular flexibility index (Phi) is 4.16. The van der Waals surface area contributed by atoms with E-state index in [1.54, 1.807) is 13.8 Å². The van der Waals surface area contributed by atoms with Gasteiger partial charge in [-0.05, 0) is 18.1 Å². The van der Waals surface area contributed by atoms with Gasteiger partial charge in [0, 0.05) is 6.54 Å². The van der Waals surface area contributed by atoms with Gasteiger partial charge in [-0.25, -0.2) is 26.3 Å². The Bertz CT molecular complexity index is 515. The van der Waals surface area contributed by atoms with Crippen molar-refractivity contribution < 1.29 is 21.6 Å². The quantitative estimate of drug-likeness (QED) is 0.848. The van der Waals surface area contributed by atoms with Gasteiger partial charge in [-0.15, -0.1) is 0 Å². The lowest BCUT2D eigenvalue weighted by atomic mass is 10.2. The van der Waals surface area contributed by atoms with E-state index >= 15 is 0 Å². The molecule has 0 saturated heterocycles. The van der Waals surface area contributed by atoms with E-state index in [-0.39, 0.29) is 12.5 Å². The van der Waals surface area contributed by atoms with Crippen LogP contribution in [0.1, 0.15) is 13.8 Å². The predicted octanol–water partition coefficient (Wildman–Crippen LogP) is 2.04. The molecule has 1 aromatic rings. The highest BCUT2D eigenvalue weighted by atomic mass is 32.2. The minimum Gasteiger partial charge on any atom is -0.211 e. The van der Waals surface area contributed by atoms with Crippen LogP contribution >= 0.6 is 0 Å². The minimum atomic E-state index is -4.38. The van der Waals surface area contributed by atoms with Gasteiger partial charge >= 0.3 is 0 Å². The molecule has 3 nitrogen and oxygen atoms in total. The largest absolute Gasteiger partial charge is 0.246 e. The van der Waals surface area contributed by atoms with Crippen molar-refractivity contribution in [3.8, 4) is 0 Å². The third-order valence-electron chi connectivity index (χ3n) is 1.95. The molecular formula is C10H12F3NO2S. The lowest BCUT2D eigenvalue weighted by molar-refractivity contribution is 0.455. The molecule has 0 aliphatic carbocycles. The van der Waals surface area contributed by atoms with Crippen molar-refractivity contribution in [2.75, 3.05) is 6.54 Å². The highest BCUT2D eigenvalue weighted by Gasteiger charge is 2.26. The Morgan fingerprint density at radius 3 is 2.24 bits per heavy atom. The molecule has 17 heavy (non-hydrogen) atoms. The van der Waals surface area contributed by atoms with E-state index in [1.165, 1.54) is 0 Å². The molecule has 1 rings (SSSR count). The fraction of sp³-hybridized carbons (Fsp3) is 0.400. The van der Waals surface area contributed by atoms with Crippen molar-refractivity contribution >= 4 is 10.0 Å². The number of rotatable bonds is 4. The third-order valence-corrected chi connectivity index (χ3v) is 3.41. The normalized spacial score (nSPS) is 12.1. The molecule has 0 aliphatic rings. The maximum Gasteiger partial charge on any atom is 0.246 e. The molecule has 0 heterocycles. The van der Waals surface area contributed by atoms with Crippen molar-refractivity contribution in [3.05, 3.63) is 29.6 Å². The summed E-state index contributed by atoms with van der Waals surface area (Å²) in [7, 11) is -4.38. The van der Waals surface area contributed by atoms with E-state index in [0.717, 1.165) is 0 Å². The molecule has 1 N–H and O–H groups in total. The van der Waals surface area contributed by atoms with Crippen LogP contribution in [-0.4, -0.2) is 15.0 Å². The number of nitrogens with one attached hydrogen (secondary N) is 1. The van der Waals surface area contributed by atoms with Gasteiger partial charge < -0.3 is 0 Å². The van der Waals surface area contributed by atoms with Gasteiger partial charge in [-0.2, -0.15) is 0 Å². The lowest BCUT2D eigenvalue weighted by Gasteiger charge is -2.10. The second-order valence-corrected chi connectivity index (χ2v) is 5.62. The molecule has 0 bridgehead atoms. The average molecular weight is 267 g/mol. The summed E-state index contributed by atoms with van der Waals surface area (Å²) in [4.78, 5) is -1.28. The first kappa shape index (κ1) is 14.0. The summed E-state index contributed by atoms with van der Waals surface area (Å²) < 4.78 is 64.5. The van der Waals surface area contributed by atoms with E-state index in [0.29, 0.717) is 12.1 Å². The van der Waals surface area contributed by atoms with Gasteiger partial charge in [0.05, 0.1) is 0 Å². The smallest absolute Gasteiger partial charge is 0.211 e. The number of benzene rings is 1. The summed E-state index contributed by atoms with van der Waals surface area (Å²) >= 11 is 0. The SMILES string of the molecule is CC(C)CNS(=O)(=O)c1c(F)ccc(F)c1F. The lowest BCUT2D eigenvalue weighted by Crippen LogP contribution is -2.29. The zero-order valence-corrected chi connectivity index (χ0v) is 10.1. The standard InChI is InChI=1S/C10H12F3NO2S/c1-6(2)5-14-17(15,16)10-8(12)4-3-7(11)9(10)13/h3-4,6,14H,5H2,1-2H3. The topological polar surface area (TPSA) is 46.2 Å². The summed E-state index contributed by atoms with van der Waals surface area (Å²) in [5, 5.41) is 0. The zero-order chi connectivity index (χ0) is 13.2. The number of hydrogen-bond donors (Lipinski definition) is 1. The van der Waals surface area contributed by atoms with Crippen molar-refractivity contribution in [2.45, 2.75) is 18.7 Å². The van der Waals surface area contributed by atoms with E-state index < -0.39 is 32.4 Å². The van der Waals surface area contributed by atoms with E-state index in [9.17, 15) is 21.6 Å². The van der Waals surface area contributed by atoms with Crippen LogP contribution in [-0.2, 0) is 10.0 Å². The Hall–Kier alpha value is -1.08. The van der Waals surface area contributed by atoms with Crippen molar-refractivity contribution in [1.29, 1.82) is 0 Å². The van der Waals surface area contributed by atoms with E-state index in [4.69, 9.17) is 0 Å². The Balaban J connectivity index is 3.19. The predicted molar refractivity (Wildman–Crippen MR) is 56.3 cm³/mol. The van der Waals surface area contributed by atoms with Gasteiger partial charge in [-0.3, -0.25) is 0 Å². The number of halogens is 3. The molecule has 0 saturated carbocycles.